The molecule has 0 fully saturated rings. The number of benzene rings is 1. The first-order chi connectivity index (χ1) is 6.98. The molecule has 1 aromatic rings. The molecular weight excluding hydrogens is 191 g/mol. The van der Waals surface area contributed by atoms with Crippen molar-refractivity contribution in [3.8, 4) is 12.3 Å². The van der Waals surface area contributed by atoms with Crippen molar-refractivity contribution in [2.24, 2.45) is 0 Å². The molecule has 15 heavy (non-hydrogen) atoms. The Labute approximate surface area is 89.9 Å². The third-order valence-corrected chi connectivity index (χ3v) is 2.73. The van der Waals surface area contributed by atoms with Gasteiger partial charge in [-0.3, -0.25) is 0 Å². The monoisotopic (exact) mass is 206 g/mol. The summed E-state index contributed by atoms with van der Waals surface area (Å²) in [6, 6.07) is 6.13. The number of rotatable bonds is 3. The molecule has 0 aliphatic rings. The lowest BCUT2D eigenvalue weighted by atomic mass is 9.78. The first kappa shape index (κ1) is 11.7. The average molecular weight is 206 g/mol. The first-order valence-electron chi connectivity index (χ1n) is 4.86. The highest BCUT2D eigenvalue weighted by Crippen LogP contribution is 2.28. The van der Waals surface area contributed by atoms with Crippen LogP contribution in [0, 0.1) is 18.2 Å². The zero-order valence-electron chi connectivity index (χ0n) is 9.00. The van der Waals surface area contributed by atoms with E-state index >= 15 is 0 Å². The van der Waals surface area contributed by atoms with Crippen LogP contribution in [0.25, 0.3) is 0 Å². The Balaban J connectivity index is 2.95. The Morgan fingerprint density at radius 3 is 2.40 bits per heavy atom. The number of hydrogen-bond donors (Lipinski definition) is 1. The van der Waals surface area contributed by atoms with Gasteiger partial charge in [0.1, 0.15) is 5.82 Å². The van der Waals surface area contributed by atoms with Crippen LogP contribution in [0.2, 0.25) is 0 Å². The molecule has 0 spiro atoms. The molecule has 0 amide bonds. The molecule has 1 nitrogen and oxygen atoms in total. The van der Waals surface area contributed by atoms with Crippen molar-refractivity contribution < 1.29 is 9.50 Å². The lowest BCUT2D eigenvalue weighted by Gasteiger charge is -2.30. The minimum atomic E-state index is -0.618. The molecule has 0 radical (unpaired) electrons. The van der Waals surface area contributed by atoms with Gasteiger partial charge in [-0.2, -0.15) is 0 Å². The molecule has 0 bridgehead atoms. The van der Waals surface area contributed by atoms with Gasteiger partial charge in [-0.05, 0) is 17.7 Å². The van der Waals surface area contributed by atoms with Crippen molar-refractivity contribution in [3.63, 3.8) is 0 Å². The van der Waals surface area contributed by atoms with Crippen LogP contribution in [-0.4, -0.2) is 11.2 Å². The van der Waals surface area contributed by atoms with E-state index in [2.05, 4.69) is 5.92 Å². The molecule has 2 heteroatoms. The second-order valence-electron chi connectivity index (χ2n) is 4.15. The summed E-state index contributed by atoms with van der Waals surface area (Å²) in [6.45, 7) is 3.78. The summed E-state index contributed by atoms with van der Waals surface area (Å²) >= 11 is 0. The zero-order valence-corrected chi connectivity index (χ0v) is 9.00. The summed E-state index contributed by atoms with van der Waals surface area (Å²) in [4.78, 5) is 0. The Kier molecular flexibility index (Phi) is 3.49. The summed E-state index contributed by atoms with van der Waals surface area (Å²) in [5, 5.41) is 9.86. The molecule has 1 rings (SSSR count). The fourth-order valence-electron chi connectivity index (χ4n) is 1.44. The van der Waals surface area contributed by atoms with Crippen LogP contribution >= 0.6 is 0 Å². The molecule has 1 aromatic carbocycles. The fourth-order valence-corrected chi connectivity index (χ4v) is 1.44. The average Bonchev–Trinajstić information content (AvgIpc) is 2.18. The van der Waals surface area contributed by atoms with E-state index in [1.807, 2.05) is 13.8 Å². The van der Waals surface area contributed by atoms with Crippen molar-refractivity contribution in [2.45, 2.75) is 31.8 Å². The van der Waals surface area contributed by atoms with E-state index in [4.69, 9.17) is 6.42 Å². The second-order valence-corrected chi connectivity index (χ2v) is 4.15. The van der Waals surface area contributed by atoms with Gasteiger partial charge in [-0.1, -0.05) is 26.0 Å². The van der Waals surface area contributed by atoms with E-state index in [1.165, 1.54) is 12.1 Å². The standard InChI is InChI=1S/C13H15FO/c1-4-5-12(15)13(2,3)10-6-8-11(14)9-7-10/h1,6-9,12,15H,5H2,2-3H3. The molecule has 0 aliphatic carbocycles. The third-order valence-electron chi connectivity index (χ3n) is 2.73. The maximum absolute atomic E-state index is 12.7. The van der Waals surface area contributed by atoms with Gasteiger partial charge in [-0.25, -0.2) is 4.39 Å². The molecule has 1 N–H and O–H groups in total. The number of halogens is 1. The van der Waals surface area contributed by atoms with Gasteiger partial charge in [-0.15, -0.1) is 12.3 Å². The molecule has 0 aliphatic heterocycles. The van der Waals surface area contributed by atoms with Crippen LogP contribution in [0.5, 0.6) is 0 Å². The van der Waals surface area contributed by atoms with Gasteiger partial charge in [0.05, 0.1) is 6.10 Å². The van der Waals surface area contributed by atoms with Crippen LogP contribution in [0.15, 0.2) is 24.3 Å². The molecule has 1 atom stereocenters. The van der Waals surface area contributed by atoms with Gasteiger partial charge < -0.3 is 5.11 Å². The highest BCUT2D eigenvalue weighted by atomic mass is 19.1. The summed E-state index contributed by atoms with van der Waals surface area (Å²) in [6.07, 6.45) is 4.84. The Bertz CT molecular complexity index is 359. The number of aliphatic hydroxyl groups is 1. The SMILES string of the molecule is C#CCC(O)C(C)(C)c1ccc(F)cc1. The van der Waals surface area contributed by atoms with E-state index < -0.39 is 11.5 Å². The molecule has 0 saturated heterocycles. The molecule has 0 aromatic heterocycles. The van der Waals surface area contributed by atoms with Crippen LogP contribution in [0.4, 0.5) is 4.39 Å². The highest BCUT2D eigenvalue weighted by molar-refractivity contribution is 5.26. The molecule has 1 unspecified atom stereocenters. The van der Waals surface area contributed by atoms with Gasteiger partial charge in [0.2, 0.25) is 0 Å². The minimum absolute atomic E-state index is 0.277. The van der Waals surface area contributed by atoms with Crippen LogP contribution in [-0.2, 0) is 5.41 Å². The molecule has 0 heterocycles. The van der Waals surface area contributed by atoms with Crippen LogP contribution in [0.1, 0.15) is 25.8 Å². The number of terminal acetylenes is 1. The highest BCUT2D eigenvalue weighted by Gasteiger charge is 2.28. The lowest BCUT2D eigenvalue weighted by molar-refractivity contribution is 0.105. The summed E-state index contributed by atoms with van der Waals surface area (Å²) < 4.78 is 12.7. The van der Waals surface area contributed by atoms with E-state index in [-0.39, 0.29) is 5.82 Å². The van der Waals surface area contributed by atoms with Gasteiger partial charge in [0.25, 0.3) is 0 Å². The third kappa shape index (κ3) is 2.57. The largest absolute Gasteiger partial charge is 0.391 e. The minimum Gasteiger partial charge on any atom is -0.391 e. The molecular formula is C13H15FO. The predicted octanol–water partition coefficient (Wildman–Crippen LogP) is 2.49. The van der Waals surface area contributed by atoms with Gasteiger partial charge in [0.15, 0.2) is 0 Å². The van der Waals surface area contributed by atoms with Crippen molar-refractivity contribution in [2.75, 3.05) is 0 Å². The molecule has 0 saturated carbocycles. The van der Waals surface area contributed by atoms with E-state index in [1.54, 1.807) is 12.1 Å². The van der Waals surface area contributed by atoms with E-state index in [9.17, 15) is 9.50 Å². The quantitative estimate of drug-likeness (QED) is 0.753. The first-order valence-corrected chi connectivity index (χ1v) is 4.86. The van der Waals surface area contributed by atoms with E-state index in [0.29, 0.717) is 6.42 Å². The van der Waals surface area contributed by atoms with E-state index in [0.717, 1.165) is 5.56 Å². The van der Waals surface area contributed by atoms with Crippen molar-refractivity contribution in [3.05, 3.63) is 35.6 Å². The second kappa shape index (κ2) is 4.46. The maximum Gasteiger partial charge on any atom is 0.123 e. The number of aliphatic hydroxyl groups excluding tert-OH is 1. The van der Waals surface area contributed by atoms with Gasteiger partial charge in [0, 0.05) is 11.8 Å². The molecule has 80 valence electrons. The maximum atomic E-state index is 12.7. The van der Waals surface area contributed by atoms with Gasteiger partial charge >= 0.3 is 0 Å². The fraction of sp³-hybridized carbons (Fsp3) is 0.385. The lowest BCUT2D eigenvalue weighted by Crippen LogP contribution is -2.33. The van der Waals surface area contributed by atoms with Crippen LogP contribution < -0.4 is 0 Å². The topological polar surface area (TPSA) is 20.2 Å². The van der Waals surface area contributed by atoms with Crippen molar-refractivity contribution in [1.82, 2.24) is 0 Å². The summed E-state index contributed by atoms with van der Waals surface area (Å²) in [5.74, 6) is 2.15. The predicted molar refractivity (Wildman–Crippen MR) is 58.9 cm³/mol. The Morgan fingerprint density at radius 2 is 1.93 bits per heavy atom. The van der Waals surface area contributed by atoms with Crippen molar-refractivity contribution >= 4 is 0 Å². The Hall–Kier alpha value is -1.33. The smallest absolute Gasteiger partial charge is 0.123 e. The van der Waals surface area contributed by atoms with Crippen LogP contribution in [0.3, 0.4) is 0 Å². The summed E-state index contributed by atoms with van der Waals surface area (Å²) in [5.41, 5.74) is 0.423. The zero-order chi connectivity index (χ0) is 11.5. The van der Waals surface area contributed by atoms with Crippen molar-refractivity contribution in [1.29, 1.82) is 0 Å². The summed E-state index contributed by atoms with van der Waals surface area (Å²) in [7, 11) is 0. The normalized spacial score (nSPS) is 13.3. The number of hydrogen-bond acceptors (Lipinski definition) is 1. The Morgan fingerprint density at radius 1 is 1.40 bits per heavy atom.